The van der Waals surface area contributed by atoms with Crippen LogP contribution < -0.4 is 38.9 Å². The largest absolute Gasteiger partial charge is 0.508 e. The fourth-order valence-corrected chi connectivity index (χ4v) is 5.06. The van der Waals surface area contributed by atoms with Crippen molar-refractivity contribution in [2.45, 2.75) is 69.1 Å². The Morgan fingerprint density at radius 1 is 0.809 bits per heavy atom. The summed E-state index contributed by atoms with van der Waals surface area (Å²) in [4.78, 5) is 59.4. The zero-order chi connectivity index (χ0) is 34.3. The highest BCUT2D eigenvalue weighted by Gasteiger charge is 2.30. The number of nitrogens with two attached hydrogens (primary N) is 4. The van der Waals surface area contributed by atoms with Gasteiger partial charge in [-0.25, -0.2) is 4.79 Å². The third kappa shape index (κ3) is 11.6. The molecular weight excluding hydrogens is 606 g/mol. The number of hydrogen-bond acceptors (Lipinski definition) is 8. The molecule has 47 heavy (non-hydrogen) atoms. The highest BCUT2D eigenvalue weighted by atomic mass is 16.4. The number of aliphatic carboxylic acids is 1. The first-order chi connectivity index (χ1) is 22.5. The number of fused-ring (bicyclic) bond motifs is 1. The molecule has 0 spiro atoms. The van der Waals surface area contributed by atoms with E-state index in [1.54, 1.807) is 18.3 Å². The molecule has 1 aromatic heterocycles. The Kier molecular flexibility index (Phi) is 14.0. The van der Waals surface area contributed by atoms with Crippen molar-refractivity contribution in [1.82, 2.24) is 20.9 Å². The second-order valence-electron chi connectivity index (χ2n) is 11.3. The third-order valence-corrected chi connectivity index (χ3v) is 7.60. The quantitative estimate of drug-likeness (QED) is 0.0459. The predicted molar refractivity (Wildman–Crippen MR) is 178 cm³/mol. The van der Waals surface area contributed by atoms with E-state index in [9.17, 15) is 29.4 Å². The molecule has 0 saturated heterocycles. The monoisotopic (exact) mass is 651 g/mol. The summed E-state index contributed by atoms with van der Waals surface area (Å²) >= 11 is 0. The summed E-state index contributed by atoms with van der Waals surface area (Å²) in [6.07, 6.45) is 3.55. The van der Waals surface area contributed by atoms with E-state index in [1.807, 2.05) is 24.3 Å². The van der Waals surface area contributed by atoms with Crippen LogP contribution in [0.2, 0.25) is 0 Å². The number of carbonyl (C=O) groups excluding carboxylic acids is 3. The minimum absolute atomic E-state index is 0.00353. The van der Waals surface area contributed by atoms with Crippen LogP contribution in [-0.2, 0) is 32.0 Å². The van der Waals surface area contributed by atoms with Gasteiger partial charge in [0.25, 0.3) is 0 Å². The first-order valence-corrected chi connectivity index (χ1v) is 15.5. The van der Waals surface area contributed by atoms with E-state index < -0.39 is 47.9 Å². The lowest BCUT2D eigenvalue weighted by atomic mass is 10.0. The molecule has 0 aliphatic heterocycles. The molecule has 0 saturated carbocycles. The van der Waals surface area contributed by atoms with Crippen LogP contribution in [0.15, 0.2) is 59.7 Å². The number of phenolic OH excluding ortho intramolecular Hbond substituents is 1. The van der Waals surface area contributed by atoms with E-state index in [0.717, 1.165) is 10.9 Å². The third-order valence-electron chi connectivity index (χ3n) is 7.60. The lowest BCUT2D eigenvalue weighted by Gasteiger charge is -2.25. The van der Waals surface area contributed by atoms with E-state index in [0.29, 0.717) is 30.5 Å². The summed E-state index contributed by atoms with van der Waals surface area (Å²) in [7, 11) is 0. The van der Waals surface area contributed by atoms with E-state index in [4.69, 9.17) is 22.9 Å². The lowest BCUT2D eigenvalue weighted by Crippen LogP contribution is -2.57. The van der Waals surface area contributed by atoms with Gasteiger partial charge in [0.2, 0.25) is 17.7 Å². The van der Waals surface area contributed by atoms with Crippen molar-refractivity contribution in [3.63, 3.8) is 0 Å². The van der Waals surface area contributed by atoms with Gasteiger partial charge >= 0.3 is 5.97 Å². The predicted octanol–water partition coefficient (Wildman–Crippen LogP) is -0.292. The van der Waals surface area contributed by atoms with Crippen molar-refractivity contribution in [3.05, 3.63) is 65.9 Å². The van der Waals surface area contributed by atoms with Crippen LogP contribution in [0.25, 0.3) is 10.9 Å². The van der Waals surface area contributed by atoms with Crippen molar-refractivity contribution >= 4 is 40.6 Å². The molecular formula is C32H45N9O6. The maximum atomic E-state index is 13.6. The van der Waals surface area contributed by atoms with Crippen molar-refractivity contribution in [2.75, 3.05) is 13.1 Å². The molecule has 15 nitrogen and oxygen atoms in total. The molecule has 2 aromatic carbocycles. The number of nitrogens with one attached hydrogen (secondary N) is 4. The minimum atomic E-state index is -1.29. The summed E-state index contributed by atoms with van der Waals surface area (Å²) in [5, 5.41) is 28.3. The number of aromatic amines is 1. The Bertz CT molecular complexity index is 1520. The fraction of sp³-hybridized carbons (Fsp3) is 0.406. The molecule has 15 heteroatoms. The number of aromatic hydroxyl groups is 1. The molecule has 0 aliphatic rings. The Morgan fingerprint density at radius 2 is 1.43 bits per heavy atom. The van der Waals surface area contributed by atoms with Gasteiger partial charge in [-0.3, -0.25) is 19.4 Å². The lowest BCUT2D eigenvalue weighted by molar-refractivity contribution is -0.142. The topological polar surface area (TPSA) is 277 Å². The van der Waals surface area contributed by atoms with Crippen LogP contribution in [0.3, 0.4) is 0 Å². The van der Waals surface area contributed by atoms with Gasteiger partial charge in [0.1, 0.15) is 23.9 Å². The number of guanidine groups is 1. The molecule has 254 valence electrons. The van der Waals surface area contributed by atoms with Gasteiger partial charge in [0, 0.05) is 30.1 Å². The first-order valence-electron chi connectivity index (χ1n) is 15.5. The Balaban J connectivity index is 1.75. The maximum absolute atomic E-state index is 13.6. The molecule has 3 rings (SSSR count). The van der Waals surface area contributed by atoms with Crippen molar-refractivity contribution in [2.24, 2.45) is 27.9 Å². The average molecular weight is 652 g/mol. The second kappa shape index (κ2) is 18.1. The maximum Gasteiger partial charge on any atom is 0.326 e. The zero-order valence-electron chi connectivity index (χ0n) is 26.2. The van der Waals surface area contributed by atoms with Gasteiger partial charge in [-0.2, -0.15) is 0 Å². The summed E-state index contributed by atoms with van der Waals surface area (Å²) in [5.41, 5.74) is 24.9. The SMILES string of the molecule is NCCCCC(NC(=O)C(N)Cc1ccc(O)cc1)C(=O)NC(CCCN=C(N)N)C(=O)NC(Cc1c[nH]c2ccccc12)C(=O)O. The zero-order valence-corrected chi connectivity index (χ0v) is 26.2. The Labute approximate surface area is 272 Å². The van der Waals surface area contributed by atoms with Crippen LogP contribution in [0.5, 0.6) is 5.75 Å². The van der Waals surface area contributed by atoms with Crippen molar-refractivity contribution in [3.8, 4) is 5.75 Å². The number of phenols is 1. The van der Waals surface area contributed by atoms with Crippen molar-refractivity contribution < 1.29 is 29.4 Å². The molecule has 1 heterocycles. The standard InChI is InChI=1S/C32H45N9O6/c33-14-4-3-8-25(39-28(43)23(34)16-19-10-12-21(42)13-11-19)29(44)40-26(9-5-15-37-32(35)36)30(45)41-27(31(46)47)17-20-18-38-24-7-2-1-6-22(20)24/h1-2,6-7,10-13,18,23,25-27,38,42H,3-5,8-9,14-17,33-34H2,(H,39,43)(H,40,44)(H,41,45)(H,46,47)(H4,35,36,37). The number of para-hydroxylation sites is 1. The second-order valence-corrected chi connectivity index (χ2v) is 11.3. The molecule has 0 bridgehead atoms. The van der Waals surface area contributed by atoms with Gasteiger partial charge in [0.05, 0.1) is 6.04 Å². The highest BCUT2D eigenvalue weighted by Crippen LogP contribution is 2.19. The molecule has 0 fully saturated rings. The molecule has 0 radical (unpaired) electrons. The number of benzene rings is 2. The number of unbranched alkanes of at least 4 members (excludes halogenated alkanes) is 1. The number of carboxylic acid groups (broad SMARTS) is 1. The first kappa shape index (κ1) is 36.3. The van der Waals surface area contributed by atoms with Crippen molar-refractivity contribution in [1.29, 1.82) is 0 Å². The molecule has 3 aromatic rings. The van der Waals surface area contributed by atoms with Gasteiger partial charge in [-0.05, 0) is 74.4 Å². The van der Waals surface area contributed by atoms with Crippen LogP contribution >= 0.6 is 0 Å². The summed E-state index contributed by atoms with van der Waals surface area (Å²) in [5.74, 6) is -3.24. The molecule has 4 atom stereocenters. The number of aromatic nitrogens is 1. The van der Waals surface area contributed by atoms with E-state index in [-0.39, 0.29) is 50.4 Å². The summed E-state index contributed by atoms with van der Waals surface area (Å²) < 4.78 is 0. The van der Waals surface area contributed by atoms with Crippen LogP contribution in [0.1, 0.15) is 43.2 Å². The summed E-state index contributed by atoms with van der Waals surface area (Å²) in [6.45, 7) is 0.550. The van der Waals surface area contributed by atoms with Crippen LogP contribution in [-0.4, -0.2) is 82.1 Å². The van der Waals surface area contributed by atoms with Gasteiger partial charge in [-0.1, -0.05) is 30.3 Å². The molecule has 3 amide bonds. The van der Waals surface area contributed by atoms with Crippen LogP contribution in [0.4, 0.5) is 0 Å². The number of carboxylic acids is 1. The minimum Gasteiger partial charge on any atom is -0.508 e. The number of hydrogen-bond donors (Lipinski definition) is 10. The van der Waals surface area contributed by atoms with Gasteiger partial charge < -0.3 is 54.1 Å². The van der Waals surface area contributed by atoms with Gasteiger partial charge in [0.15, 0.2) is 5.96 Å². The van der Waals surface area contributed by atoms with E-state index >= 15 is 0 Å². The summed E-state index contributed by atoms with van der Waals surface area (Å²) in [6, 6.07) is 9.14. The smallest absolute Gasteiger partial charge is 0.326 e. The van der Waals surface area contributed by atoms with Crippen LogP contribution in [0, 0.1) is 0 Å². The van der Waals surface area contributed by atoms with E-state index in [2.05, 4.69) is 25.9 Å². The highest BCUT2D eigenvalue weighted by molar-refractivity contribution is 5.94. The number of aliphatic imine (C=N–C) groups is 1. The fourth-order valence-electron chi connectivity index (χ4n) is 5.06. The number of nitrogens with zero attached hydrogens (tertiary/aromatic N) is 1. The number of rotatable bonds is 19. The number of carbonyl (C=O) groups is 4. The van der Waals surface area contributed by atoms with E-state index in [1.165, 1.54) is 12.1 Å². The number of amides is 3. The number of H-pyrrole nitrogens is 1. The Hall–Kier alpha value is -5.15. The normalized spacial score (nSPS) is 13.6. The molecule has 4 unspecified atom stereocenters. The average Bonchev–Trinajstić information content (AvgIpc) is 3.45. The molecule has 0 aliphatic carbocycles. The van der Waals surface area contributed by atoms with Gasteiger partial charge in [-0.15, -0.1) is 0 Å². The molecule has 14 N–H and O–H groups in total. The Morgan fingerprint density at radius 3 is 2.06 bits per heavy atom.